The van der Waals surface area contributed by atoms with E-state index in [0.29, 0.717) is 22.3 Å². The van der Waals surface area contributed by atoms with Gasteiger partial charge in [0.2, 0.25) is 23.7 Å². The molecule has 2 bridgehead atoms. The number of hydrogen-bond donors (Lipinski definition) is 3. The monoisotopic (exact) mass is 923 g/mol. The Morgan fingerprint density at radius 3 is 2.16 bits per heavy atom. The lowest BCUT2D eigenvalue weighted by Crippen LogP contribution is -2.69. The Kier molecular flexibility index (Phi) is 13.4. The van der Waals surface area contributed by atoms with Crippen LogP contribution in [0.25, 0.3) is 6.08 Å². The standard InChI is InChI=1S/C50H57N3O14/c1-47(2,3)64-38(57)23-21-34(28-54)52-36(55)24-25-51-46(60)49-26-35-39-40(66-50(65-39,32-12-8-6-9-13-32)33-14-10-7-11-15-33)42(49)67-53(41(49)44(58)62-35)27-31-18-16-30(17-19-31)20-22-37(56)63-43-45(59)61-29-48(43,4)5/h6-20,22,34-35,39-43,54H,21,23-29H2,1-5H3,(H,51,60)(H,52,55). The highest BCUT2D eigenvalue weighted by molar-refractivity contribution is 5.94. The molecule has 17 heteroatoms. The lowest BCUT2D eigenvalue weighted by molar-refractivity contribution is -0.213. The molecule has 3 aromatic rings. The van der Waals surface area contributed by atoms with E-state index < -0.39 is 107 Å². The number of benzene rings is 3. The number of esters is 4. The van der Waals surface area contributed by atoms with E-state index in [4.69, 9.17) is 33.3 Å². The maximum absolute atomic E-state index is 14.9. The van der Waals surface area contributed by atoms with Gasteiger partial charge in [-0.25, -0.2) is 9.59 Å². The van der Waals surface area contributed by atoms with E-state index in [9.17, 15) is 33.9 Å². The highest BCUT2D eigenvalue weighted by Crippen LogP contribution is 2.59. The minimum absolute atomic E-state index is 0.0143. The SMILES string of the molecule is CC(C)(C)OC(=O)CCC(CO)NC(=O)CCNC(=O)C12CC3OC(=O)C1N(Cc1ccc(C=CC(=O)OC4C(=O)OCC4(C)C)cc1)OC2C1OC(c2ccccc2)(c2ccccc2)OC31. The van der Waals surface area contributed by atoms with Crippen molar-refractivity contribution >= 4 is 41.8 Å². The number of rotatable bonds is 16. The number of nitrogens with zero attached hydrogens (tertiary/aromatic N) is 1. The Morgan fingerprint density at radius 2 is 1.55 bits per heavy atom. The van der Waals surface area contributed by atoms with Crippen LogP contribution in [0.4, 0.5) is 0 Å². The van der Waals surface area contributed by atoms with Crippen LogP contribution in [0, 0.1) is 10.8 Å². The minimum atomic E-state index is -1.56. The Bertz CT molecular complexity index is 2330. The molecular formula is C50H57N3O14. The largest absolute Gasteiger partial charge is 0.462 e. The van der Waals surface area contributed by atoms with Gasteiger partial charge in [0.1, 0.15) is 42.0 Å². The van der Waals surface area contributed by atoms with Crippen LogP contribution in [-0.4, -0.2) is 114 Å². The van der Waals surface area contributed by atoms with E-state index in [-0.39, 0.29) is 45.4 Å². The molecule has 8 atom stereocenters. The number of amides is 2. The molecule has 67 heavy (non-hydrogen) atoms. The maximum atomic E-state index is 14.9. The van der Waals surface area contributed by atoms with E-state index in [1.165, 1.54) is 11.1 Å². The number of carbonyl (C=O) groups is 6. The molecule has 3 aromatic carbocycles. The summed E-state index contributed by atoms with van der Waals surface area (Å²) in [6, 6.07) is 23.9. The molecule has 1 saturated carbocycles. The fraction of sp³-hybridized carbons (Fsp3) is 0.480. The third kappa shape index (κ3) is 9.74. The average molecular weight is 924 g/mol. The van der Waals surface area contributed by atoms with E-state index in [0.717, 1.165) is 0 Å². The summed E-state index contributed by atoms with van der Waals surface area (Å²) in [5.74, 6) is -4.89. The summed E-state index contributed by atoms with van der Waals surface area (Å²) in [6.07, 6.45) is -1.97. The average Bonchev–Trinajstić information content (AvgIpc) is 3.96. The Hall–Kier alpha value is -5.98. The van der Waals surface area contributed by atoms with E-state index in [1.54, 1.807) is 65.0 Å². The third-order valence-electron chi connectivity index (χ3n) is 12.7. The third-order valence-corrected chi connectivity index (χ3v) is 12.7. The zero-order chi connectivity index (χ0) is 47.7. The number of ether oxygens (including phenoxy) is 6. The Labute approximate surface area is 388 Å². The smallest absolute Gasteiger partial charge is 0.348 e. The number of nitrogens with one attached hydrogen (secondary N) is 2. The van der Waals surface area contributed by atoms with E-state index in [1.807, 2.05) is 60.7 Å². The zero-order valence-corrected chi connectivity index (χ0v) is 38.1. The van der Waals surface area contributed by atoms with E-state index in [2.05, 4.69) is 10.6 Å². The summed E-state index contributed by atoms with van der Waals surface area (Å²) >= 11 is 0. The first-order valence-corrected chi connectivity index (χ1v) is 22.6. The second-order valence-electron chi connectivity index (χ2n) is 19.3. The highest BCUT2D eigenvalue weighted by Gasteiger charge is 2.76. The molecule has 4 aliphatic heterocycles. The summed E-state index contributed by atoms with van der Waals surface area (Å²) < 4.78 is 35.9. The van der Waals surface area contributed by atoms with Crippen LogP contribution in [0.3, 0.4) is 0 Å². The first-order valence-electron chi connectivity index (χ1n) is 22.6. The molecule has 2 amide bonds. The maximum Gasteiger partial charge on any atom is 0.348 e. The summed E-state index contributed by atoms with van der Waals surface area (Å²) in [7, 11) is 0. The van der Waals surface area contributed by atoms with Gasteiger partial charge < -0.3 is 44.2 Å². The predicted molar refractivity (Wildman–Crippen MR) is 236 cm³/mol. The topological polar surface area (TPSA) is 215 Å². The summed E-state index contributed by atoms with van der Waals surface area (Å²) in [5.41, 5.74) is -0.168. The van der Waals surface area contributed by atoms with Crippen LogP contribution in [-0.2, 0) is 74.4 Å². The van der Waals surface area contributed by atoms with Gasteiger partial charge in [0.15, 0.2) is 6.04 Å². The molecule has 0 aromatic heterocycles. The van der Waals surface area contributed by atoms with Crippen molar-refractivity contribution in [2.24, 2.45) is 10.8 Å². The summed E-state index contributed by atoms with van der Waals surface area (Å²) in [4.78, 5) is 86.2. The quantitative estimate of drug-likeness (QED) is 0.106. The van der Waals surface area contributed by atoms with Crippen molar-refractivity contribution in [1.82, 2.24) is 15.7 Å². The van der Waals surface area contributed by atoms with Crippen LogP contribution in [0.2, 0.25) is 0 Å². The first-order chi connectivity index (χ1) is 31.9. The highest BCUT2D eigenvalue weighted by atomic mass is 16.8. The van der Waals surface area contributed by atoms with Crippen LogP contribution < -0.4 is 10.6 Å². The second-order valence-corrected chi connectivity index (χ2v) is 19.3. The van der Waals surface area contributed by atoms with Crippen molar-refractivity contribution in [3.63, 3.8) is 0 Å². The molecule has 4 heterocycles. The van der Waals surface area contributed by atoms with Crippen LogP contribution in [0.15, 0.2) is 91.0 Å². The van der Waals surface area contributed by atoms with Gasteiger partial charge in [-0.2, -0.15) is 5.06 Å². The molecule has 1 aliphatic carbocycles. The van der Waals surface area contributed by atoms with Gasteiger partial charge in [-0.05, 0) is 44.4 Å². The van der Waals surface area contributed by atoms with Crippen molar-refractivity contribution in [2.75, 3.05) is 19.8 Å². The number of aliphatic hydroxyl groups excluding tert-OH is 1. The molecule has 4 saturated heterocycles. The number of hydrogen-bond acceptors (Lipinski definition) is 15. The molecule has 0 spiro atoms. The Balaban J connectivity index is 1.02. The van der Waals surface area contributed by atoms with Crippen LogP contribution >= 0.6 is 0 Å². The van der Waals surface area contributed by atoms with Crippen LogP contribution in [0.1, 0.15) is 82.6 Å². The number of cyclic esters (lactones) is 1. The van der Waals surface area contributed by atoms with Gasteiger partial charge in [-0.3, -0.25) is 24.0 Å². The van der Waals surface area contributed by atoms with Crippen molar-refractivity contribution in [2.45, 2.75) is 121 Å². The first kappa shape index (κ1) is 47.5. The summed E-state index contributed by atoms with van der Waals surface area (Å²) in [5, 5.41) is 17.0. The lowest BCUT2D eigenvalue weighted by Gasteiger charge is -2.48. The van der Waals surface area contributed by atoms with Crippen LogP contribution in [0.5, 0.6) is 0 Å². The molecule has 5 fully saturated rings. The number of carbonyl (C=O) groups excluding carboxylic acids is 6. The van der Waals surface area contributed by atoms with Gasteiger partial charge in [0.05, 0.1) is 19.2 Å². The van der Waals surface area contributed by atoms with Gasteiger partial charge in [-0.15, -0.1) is 0 Å². The second kappa shape index (κ2) is 19.0. The fourth-order valence-electron chi connectivity index (χ4n) is 9.51. The van der Waals surface area contributed by atoms with Gasteiger partial charge in [-0.1, -0.05) is 98.8 Å². The lowest BCUT2D eigenvalue weighted by atomic mass is 9.62. The minimum Gasteiger partial charge on any atom is -0.462 e. The van der Waals surface area contributed by atoms with E-state index >= 15 is 0 Å². The molecule has 356 valence electrons. The number of hydroxylamine groups is 2. The summed E-state index contributed by atoms with van der Waals surface area (Å²) in [6.45, 7) is 8.47. The zero-order valence-electron chi connectivity index (χ0n) is 38.1. The molecule has 17 nitrogen and oxygen atoms in total. The fourth-order valence-corrected chi connectivity index (χ4v) is 9.51. The number of fused-ring (bicyclic) bond motifs is 4. The molecule has 8 unspecified atom stereocenters. The number of aliphatic hydroxyl groups is 1. The van der Waals surface area contributed by atoms with Crippen molar-refractivity contribution in [3.8, 4) is 0 Å². The van der Waals surface area contributed by atoms with Crippen molar-refractivity contribution in [3.05, 3.63) is 113 Å². The normalized spacial score (nSPS) is 27.4. The molecule has 8 rings (SSSR count). The van der Waals surface area contributed by atoms with Gasteiger partial charge >= 0.3 is 23.9 Å². The molecule has 0 radical (unpaired) electrons. The molecular weight excluding hydrogens is 867 g/mol. The van der Waals surface area contributed by atoms with Gasteiger partial charge in [0.25, 0.3) is 0 Å². The Morgan fingerprint density at radius 1 is 0.896 bits per heavy atom. The predicted octanol–water partition coefficient (Wildman–Crippen LogP) is 3.79. The molecule has 5 aliphatic rings. The van der Waals surface area contributed by atoms with Crippen molar-refractivity contribution in [1.29, 1.82) is 0 Å². The van der Waals surface area contributed by atoms with Gasteiger partial charge in [0, 0.05) is 48.4 Å². The van der Waals surface area contributed by atoms with Crippen molar-refractivity contribution < 1.29 is 67.1 Å². The molecule has 3 N–H and O–H groups in total.